The van der Waals surface area contributed by atoms with Crippen molar-refractivity contribution >= 4 is 17.2 Å². The average Bonchev–Trinajstić information content (AvgIpc) is 2.78. The van der Waals surface area contributed by atoms with Crippen LogP contribution in [0, 0.1) is 0 Å². The summed E-state index contributed by atoms with van der Waals surface area (Å²) in [5, 5.41) is 10.9. The lowest BCUT2D eigenvalue weighted by Crippen LogP contribution is -2.40. The van der Waals surface area contributed by atoms with Gasteiger partial charge in [-0.15, -0.1) is 11.3 Å². The quantitative estimate of drug-likeness (QED) is 0.792. The molecule has 17 heavy (non-hydrogen) atoms. The van der Waals surface area contributed by atoms with Crippen LogP contribution in [-0.2, 0) is 11.3 Å². The molecule has 0 aromatic carbocycles. The zero-order valence-electron chi connectivity index (χ0n) is 10.4. The van der Waals surface area contributed by atoms with Crippen LogP contribution < -0.4 is 0 Å². The molecule has 0 saturated carbocycles. The van der Waals surface area contributed by atoms with Gasteiger partial charge in [0.1, 0.15) is 0 Å². The van der Waals surface area contributed by atoms with Crippen molar-refractivity contribution in [2.75, 3.05) is 33.3 Å². The Morgan fingerprint density at radius 1 is 1.53 bits per heavy atom. The van der Waals surface area contributed by atoms with Gasteiger partial charge < -0.3 is 10.0 Å². The van der Waals surface area contributed by atoms with E-state index in [4.69, 9.17) is 5.11 Å². The summed E-state index contributed by atoms with van der Waals surface area (Å²) in [6.45, 7) is 4.20. The van der Waals surface area contributed by atoms with Gasteiger partial charge in [0.2, 0.25) is 5.91 Å². The Morgan fingerprint density at radius 2 is 2.29 bits per heavy atom. The van der Waals surface area contributed by atoms with Crippen LogP contribution in [0.25, 0.3) is 0 Å². The number of aliphatic hydroxyl groups is 1. The molecule has 0 saturated heterocycles. The molecule has 0 aliphatic rings. The van der Waals surface area contributed by atoms with Gasteiger partial charge in [-0.1, -0.05) is 6.07 Å². The maximum Gasteiger partial charge on any atom is 0.236 e. The summed E-state index contributed by atoms with van der Waals surface area (Å²) < 4.78 is 0. The van der Waals surface area contributed by atoms with Gasteiger partial charge in [0.05, 0.1) is 13.2 Å². The first kappa shape index (κ1) is 14.2. The molecule has 4 nitrogen and oxygen atoms in total. The Balaban J connectivity index is 2.39. The second-order valence-electron chi connectivity index (χ2n) is 3.95. The molecule has 0 bridgehead atoms. The second kappa shape index (κ2) is 7.42. The molecule has 1 aromatic heterocycles. The Labute approximate surface area is 106 Å². The first-order chi connectivity index (χ1) is 8.17. The first-order valence-electron chi connectivity index (χ1n) is 5.77. The zero-order valence-corrected chi connectivity index (χ0v) is 11.2. The molecule has 0 aliphatic heterocycles. The van der Waals surface area contributed by atoms with Gasteiger partial charge >= 0.3 is 0 Å². The molecule has 96 valence electrons. The Bertz CT molecular complexity index is 327. The molecule has 1 heterocycles. The number of nitrogens with zero attached hydrogens (tertiary/aromatic N) is 2. The normalized spacial score (nSPS) is 10.8. The smallest absolute Gasteiger partial charge is 0.236 e. The highest BCUT2D eigenvalue weighted by Gasteiger charge is 2.13. The molecule has 0 atom stereocenters. The summed E-state index contributed by atoms with van der Waals surface area (Å²) in [5.74, 6) is 0.0700. The van der Waals surface area contributed by atoms with E-state index in [1.807, 2.05) is 30.3 Å². The molecular weight excluding hydrogens is 236 g/mol. The molecule has 1 amide bonds. The number of amides is 1. The van der Waals surface area contributed by atoms with Crippen molar-refractivity contribution in [1.29, 1.82) is 0 Å². The van der Waals surface area contributed by atoms with E-state index in [1.165, 1.54) is 4.88 Å². The standard InChI is InChI=1S/C12H20N2O2S/c1-3-14(6-7-15)12(16)10-13(2)9-11-5-4-8-17-11/h4-5,8,15H,3,6-7,9-10H2,1-2H3. The summed E-state index contributed by atoms with van der Waals surface area (Å²) in [5.41, 5.74) is 0. The number of likely N-dealkylation sites (N-methyl/N-ethyl adjacent to an activating group) is 2. The SMILES string of the molecule is CCN(CCO)C(=O)CN(C)Cc1cccs1. The lowest BCUT2D eigenvalue weighted by Gasteiger charge is -2.23. The molecule has 0 aliphatic carbocycles. The predicted octanol–water partition coefficient (Wildman–Crippen LogP) is 1.02. The van der Waals surface area contributed by atoms with E-state index in [9.17, 15) is 4.79 Å². The number of thiophene rings is 1. The highest BCUT2D eigenvalue weighted by Crippen LogP contribution is 2.10. The van der Waals surface area contributed by atoms with Crippen LogP contribution in [0.3, 0.4) is 0 Å². The fourth-order valence-corrected chi connectivity index (χ4v) is 2.42. The van der Waals surface area contributed by atoms with Crippen LogP contribution in [0.4, 0.5) is 0 Å². The number of carbonyl (C=O) groups excluding carboxylic acids is 1. The minimum atomic E-state index is 0.0220. The lowest BCUT2D eigenvalue weighted by atomic mass is 10.4. The van der Waals surface area contributed by atoms with Crippen molar-refractivity contribution in [3.63, 3.8) is 0 Å². The third kappa shape index (κ3) is 4.85. The number of aliphatic hydroxyl groups excluding tert-OH is 1. The summed E-state index contributed by atoms with van der Waals surface area (Å²) >= 11 is 1.70. The van der Waals surface area contributed by atoms with Gasteiger partial charge in [-0.3, -0.25) is 9.69 Å². The van der Waals surface area contributed by atoms with Crippen molar-refractivity contribution in [3.05, 3.63) is 22.4 Å². The number of hydrogen-bond acceptors (Lipinski definition) is 4. The van der Waals surface area contributed by atoms with Crippen LogP contribution in [0.5, 0.6) is 0 Å². The molecule has 1 aromatic rings. The van der Waals surface area contributed by atoms with Crippen LogP contribution in [0.2, 0.25) is 0 Å². The minimum Gasteiger partial charge on any atom is -0.395 e. The molecule has 0 spiro atoms. The minimum absolute atomic E-state index is 0.0220. The van der Waals surface area contributed by atoms with Crippen molar-refractivity contribution < 1.29 is 9.90 Å². The third-order valence-electron chi connectivity index (χ3n) is 2.52. The fraction of sp³-hybridized carbons (Fsp3) is 0.583. The molecule has 1 N–H and O–H groups in total. The Hall–Kier alpha value is -0.910. The highest BCUT2D eigenvalue weighted by atomic mass is 32.1. The fourth-order valence-electron chi connectivity index (χ4n) is 1.64. The largest absolute Gasteiger partial charge is 0.395 e. The van der Waals surface area contributed by atoms with Crippen molar-refractivity contribution in [2.24, 2.45) is 0 Å². The number of rotatable bonds is 7. The van der Waals surface area contributed by atoms with E-state index >= 15 is 0 Å². The van der Waals surface area contributed by atoms with Crippen LogP contribution in [0.15, 0.2) is 17.5 Å². The third-order valence-corrected chi connectivity index (χ3v) is 3.38. The van der Waals surface area contributed by atoms with E-state index in [-0.39, 0.29) is 12.5 Å². The predicted molar refractivity (Wildman–Crippen MR) is 70.0 cm³/mol. The Morgan fingerprint density at radius 3 is 2.82 bits per heavy atom. The van der Waals surface area contributed by atoms with Gasteiger partial charge in [-0.25, -0.2) is 0 Å². The maximum absolute atomic E-state index is 11.9. The van der Waals surface area contributed by atoms with E-state index in [0.717, 1.165) is 6.54 Å². The first-order valence-corrected chi connectivity index (χ1v) is 6.65. The van der Waals surface area contributed by atoms with E-state index in [1.54, 1.807) is 16.2 Å². The van der Waals surface area contributed by atoms with Crippen LogP contribution in [-0.4, -0.2) is 54.1 Å². The van der Waals surface area contributed by atoms with Crippen LogP contribution >= 0.6 is 11.3 Å². The molecule has 1 rings (SSSR count). The van der Waals surface area contributed by atoms with Crippen LogP contribution in [0.1, 0.15) is 11.8 Å². The molecule has 0 radical (unpaired) electrons. The van der Waals surface area contributed by atoms with Gasteiger partial charge in [0.25, 0.3) is 0 Å². The summed E-state index contributed by atoms with van der Waals surface area (Å²) in [6, 6.07) is 4.08. The van der Waals surface area contributed by atoms with E-state index in [2.05, 4.69) is 6.07 Å². The summed E-state index contributed by atoms with van der Waals surface area (Å²) in [6.07, 6.45) is 0. The van der Waals surface area contributed by atoms with Gasteiger partial charge in [0, 0.05) is 24.5 Å². The monoisotopic (exact) mass is 256 g/mol. The Kier molecular flexibility index (Phi) is 6.18. The van der Waals surface area contributed by atoms with Gasteiger partial charge in [-0.05, 0) is 25.4 Å². The summed E-state index contributed by atoms with van der Waals surface area (Å²) in [7, 11) is 1.93. The second-order valence-corrected chi connectivity index (χ2v) is 4.98. The highest BCUT2D eigenvalue weighted by molar-refractivity contribution is 7.09. The van der Waals surface area contributed by atoms with Gasteiger partial charge in [-0.2, -0.15) is 0 Å². The molecular formula is C12H20N2O2S. The van der Waals surface area contributed by atoms with Crippen molar-refractivity contribution in [2.45, 2.75) is 13.5 Å². The topological polar surface area (TPSA) is 43.8 Å². The van der Waals surface area contributed by atoms with Crippen molar-refractivity contribution in [3.8, 4) is 0 Å². The molecule has 5 heteroatoms. The van der Waals surface area contributed by atoms with E-state index < -0.39 is 0 Å². The maximum atomic E-state index is 11.9. The van der Waals surface area contributed by atoms with Crippen molar-refractivity contribution in [1.82, 2.24) is 9.80 Å². The summed E-state index contributed by atoms with van der Waals surface area (Å²) in [4.78, 5) is 16.8. The molecule has 0 unspecified atom stereocenters. The lowest BCUT2D eigenvalue weighted by molar-refractivity contribution is -0.132. The number of carbonyl (C=O) groups is 1. The number of hydrogen-bond donors (Lipinski definition) is 1. The van der Waals surface area contributed by atoms with E-state index in [0.29, 0.717) is 19.6 Å². The molecule has 0 fully saturated rings. The zero-order chi connectivity index (χ0) is 12.7. The average molecular weight is 256 g/mol. The van der Waals surface area contributed by atoms with Gasteiger partial charge in [0.15, 0.2) is 0 Å².